The monoisotopic (exact) mass is 459 g/mol. The first-order valence-corrected chi connectivity index (χ1v) is 11.0. The third kappa shape index (κ3) is 3.70. The molecule has 2 aliphatic rings. The first kappa shape index (κ1) is 20.7. The summed E-state index contributed by atoms with van der Waals surface area (Å²) < 4.78 is 6.04. The Balaban J connectivity index is 1.63. The molecule has 164 valence electrons. The molecule has 0 unspecified atom stereocenters. The molecule has 5 rings (SSSR count). The fraction of sp³-hybridized carbons (Fsp3) is 0.0870. The van der Waals surface area contributed by atoms with E-state index in [1.807, 2.05) is 24.3 Å². The molecule has 0 bridgehead atoms. The number of hydrazone groups is 1. The number of amidine groups is 1. The number of amides is 1. The predicted octanol–water partition coefficient (Wildman–Crippen LogP) is 2.92. The van der Waals surface area contributed by atoms with E-state index in [2.05, 4.69) is 17.0 Å². The first-order chi connectivity index (χ1) is 16.1. The van der Waals surface area contributed by atoms with Gasteiger partial charge in [-0.3, -0.25) is 20.2 Å². The Kier molecular flexibility index (Phi) is 5.27. The van der Waals surface area contributed by atoms with Crippen molar-refractivity contribution < 1.29 is 14.1 Å². The first-order valence-electron chi connectivity index (χ1n) is 10.0. The number of furan rings is 1. The Bertz CT molecular complexity index is 1440. The van der Waals surface area contributed by atoms with Crippen LogP contribution in [-0.4, -0.2) is 26.8 Å². The third-order valence-corrected chi connectivity index (χ3v) is 5.96. The summed E-state index contributed by atoms with van der Waals surface area (Å²) in [7, 11) is 0. The molecule has 2 aromatic carbocycles. The number of benzene rings is 2. The Hall–Kier alpha value is -4.18. The average molecular weight is 459 g/mol. The summed E-state index contributed by atoms with van der Waals surface area (Å²) >= 11 is 1.34. The van der Waals surface area contributed by atoms with Crippen LogP contribution in [-0.2, 0) is 4.79 Å². The van der Waals surface area contributed by atoms with Crippen LogP contribution in [0.25, 0.3) is 17.0 Å². The lowest BCUT2D eigenvalue weighted by atomic mass is 10.1. The molecule has 0 spiro atoms. The molecule has 0 saturated carbocycles. The van der Waals surface area contributed by atoms with Crippen molar-refractivity contribution in [3.05, 3.63) is 99.8 Å². The summed E-state index contributed by atoms with van der Waals surface area (Å²) in [5.74, 6) is 1.01. The zero-order chi connectivity index (χ0) is 22.9. The molecule has 1 amide bonds. The van der Waals surface area contributed by atoms with Crippen molar-refractivity contribution >= 4 is 34.2 Å². The largest absolute Gasteiger partial charge is 0.456 e. The van der Waals surface area contributed by atoms with Crippen LogP contribution in [0.3, 0.4) is 0 Å². The fourth-order valence-electron chi connectivity index (χ4n) is 3.69. The van der Waals surface area contributed by atoms with Crippen molar-refractivity contribution in [2.75, 3.05) is 5.75 Å². The van der Waals surface area contributed by atoms with Crippen LogP contribution in [0.1, 0.15) is 11.9 Å². The number of carbonyl (C=O) groups excluding carboxylic acids is 1. The molecule has 3 heterocycles. The molecule has 0 saturated heterocycles. The van der Waals surface area contributed by atoms with E-state index >= 15 is 0 Å². The Morgan fingerprint density at radius 3 is 2.79 bits per heavy atom. The van der Waals surface area contributed by atoms with E-state index in [1.54, 1.807) is 36.4 Å². The smallest absolute Gasteiger partial charge is 0.280 e. The summed E-state index contributed by atoms with van der Waals surface area (Å²) in [6, 6.07) is 17.0. The van der Waals surface area contributed by atoms with E-state index in [4.69, 9.17) is 9.41 Å². The number of thioether (sulfide) groups is 1. The van der Waals surface area contributed by atoms with Gasteiger partial charge in [-0.25, -0.2) is 10.0 Å². The highest BCUT2D eigenvalue weighted by Gasteiger charge is 2.36. The number of para-hydroxylation sites is 2. The number of nitro benzene ring substituents is 1. The van der Waals surface area contributed by atoms with Crippen LogP contribution in [0.15, 0.2) is 87.8 Å². The number of nitro groups is 1. The molecule has 10 heteroatoms. The van der Waals surface area contributed by atoms with Gasteiger partial charge in [-0.05, 0) is 24.3 Å². The second kappa shape index (κ2) is 8.40. The zero-order valence-corrected chi connectivity index (χ0v) is 18.0. The molecule has 0 aliphatic carbocycles. The van der Waals surface area contributed by atoms with Gasteiger partial charge < -0.3 is 4.42 Å². The molecule has 1 aromatic heterocycles. The van der Waals surface area contributed by atoms with E-state index < -0.39 is 11.1 Å². The van der Waals surface area contributed by atoms with Gasteiger partial charge in [0.2, 0.25) is 6.17 Å². The predicted molar refractivity (Wildman–Crippen MR) is 124 cm³/mol. The Morgan fingerprint density at radius 1 is 1.18 bits per heavy atom. The van der Waals surface area contributed by atoms with E-state index in [0.717, 1.165) is 0 Å². The number of nitrogens with one attached hydrogen (secondary N) is 1. The number of rotatable bonds is 5. The van der Waals surface area contributed by atoms with Gasteiger partial charge in [-0.15, -0.1) is 11.7 Å². The maximum atomic E-state index is 13.0. The van der Waals surface area contributed by atoms with E-state index in [1.165, 1.54) is 22.8 Å². The normalized spacial score (nSPS) is 16.8. The molecule has 33 heavy (non-hydrogen) atoms. The summed E-state index contributed by atoms with van der Waals surface area (Å²) in [6.45, 7) is 3.70. The number of fused-ring (bicyclic) bond motifs is 2. The SMILES string of the molecule is C=CCSC1=NN2C(=c3ccccc3=N[C@H]2c2ccc(-c3ccccc3[N+](=O)[O-])o2)C(=O)N1. The second-order valence-electron chi connectivity index (χ2n) is 7.15. The molecular formula is C23H17N5O4S. The molecular weight excluding hydrogens is 442 g/mol. The quantitative estimate of drug-likeness (QED) is 0.357. The molecule has 9 nitrogen and oxygen atoms in total. The maximum Gasteiger partial charge on any atom is 0.280 e. The van der Waals surface area contributed by atoms with Crippen molar-refractivity contribution in [1.29, 1.82) is 0 Å². The summed E-state index contributed by atoms with van der Waals surface area (Å²) in [6.07, 6.45) is 0.967. The van der Waals surface area contributed by atoms with E-state index in [0.29, 0.717) is 44.3 Å². The summed E-state index contributed by atoms with van der Waals surface area (Å²) in [4.78, 5) is 28.8. The van der Waals surface area contributed by atoms with Crippen LogP contribution in [0.4, 0.5) is 5.69 Å². The topological polar surface area (TPSA) is 113 Å². The van der Waals surface area contributed by atoms with Crippen molar-refractivity contribution in [1.82, 2.24) is 10.3 Å². The second-order valence-corrected chi connectivity index (χ2v) is 8.16. The zero-order valence-electron chi connectivity index (χ0n) is 17.2. The number of hydrogen-bond acceptors (Lipinski definition) is 8. The van der Waals surface area contributed by atoms with Gasteiger partial charge in [-0.2, -0.15) is 0 Å². The van der Waals surface area contributed by atoms with Crippen LogP contribution in [0, 0.1) is 10.1 Å². The number of hydrogen-bond donors (Lipinski definition) is 1. The van der Waals surface area contributed by atoms with Gasteiger partial charge in [0, 0.05) is 17.0 Å². The minimum absolute atomic E-state index is 0.0601. The van der Waals surface area contributed by atoms with Crippen molar-refractivity contribution in [3.8, 4) is 11.3 Å². The molecule has 3 aromatic rings. The van der Waals surface area contributed by atoms with Gasteiger partial charge in [0.25, 0.3) is 11.6 Å². The third-order valence-electron chi connectivity index (χ3n) is 5.10. The molecule has 1 N–H and O–H groups in total. The lowest BCUT2D eigenvalue weighted by Crippen LogP contribution is -2.50. The van der Waals surface area contributed by atoms with Crippen molar-refractivity contribution in [2.45, 2.75) is 6.17 Å². The summed E-state index contributed by atoms with van der Waals surface area (Å²) in [5, 5.41) is 22.1. The minimum atomic E-state index is -0.753. The standard InChI is InChI=1S/C23H17N5O4S/c1-2-13-33-23-25-22(29)20-14-7-3-5-9-16(14)24-21(27(20)26-23)19-12-11-18(32-19)15-8-4-6-10-17(15)28(30)31/h2-12,21H,1,13H2,(H,25,26,29)/t21-/m1/s1. The van der Waals surface area contributed by atoms with E-state index in [-0.39, 0.29) is 11.6 Å². The van der Waals surface area contributed by atoms with Crippen molar-refractivity contribution in [2.24, 2.45) is 10.1 Å². The molecule has 0 fully saturated rings. The highest BCUT2D eigenvalue weighted by Crippen LogP contribution is 2.36. The van der Waals surface area contributed by atoms with Crippen LogP contribution >= 0.6 is 11.8 Å². The van der Waals surface area contributed by atoms with Gasteiger partial charge >= 0.3 is 0 Å². The maximum absolute atomic E-state index is 13.0. The molecule has 1 atom stereocenters. The molecule has 0 radical (unpaired) electrons. The van der Waals surface area contributed by atoms with Crippen LogP contribution in [0.5, 0.6) is 0 Å². The van der Waals surface area contributed by atoms with Gasteiger partial charge in [0.1, 0.15) is 11.5 Å². The lowest BCUT2D eigenvalue weighted by molar-refractivity contribution is -0.384. The van der Waals surface area contributed by atoms with Gasteiger partial charge in [0.05, 0.1) is 15.8 Å². The minimum Gasteiger partial charge on any atom is -0.456 e. The number of nitrogens with zero attached hydrogens (tertiary/aromatic N) is 4. The van der Waals surface area contributed by atoms with E-state index in [9.17, 15) is 14.9 Å². The highest BCUT2D eigenvalue weighted by molar-refractivity contribution is 8.14. The summed E-state index contributed by atoms with van der Waals surface area (Å²) in [5.41, 5.74) is 0.656. The van der Waals surface area contributed by atoms with Gasteiger partial charge in [-0.1, -0.05) is 48.2 Å². The lowest BCUT2D eigenvalue weighted by Gasteiger charge is -2.32. The van der Waals surface area contributed by atoms with Crippen LogP contribution in [0.2, 0.25) is 0 Å². The highest BCUT2D eigenvalue weighted by atomic mass is 32.2. The number of carbonyl (C=O) groups is 1. The fourth-order valence-corrected chi connectivity index (χ4v) is 4.28. The van der Waals surface area contributed by atoms with Gasteiger partial charge in [0.15, 0.2) is 10.9 Å². The Morgan fingerprint density at radius 2 is 1.97 bits per heavy atom. The van der Waals surface area contributed by atoms with Crippen LogP contribution < -0.4 is 15.9 Å². The Labute approximate surface area is 192 Å². The average Bonchev–Trinajstić information content (AvgIpc) is 3.32. The molecule has 2 aliphatic heterocycles. The van der Waals surface area contributed by atoms with Crippen molar-refractivity contribution in [3.63, 3.8) is 0 Å².